The smallest absolute Gasteiger partial charge is 0.119 e. The molecular formula is C21H27NO2. The van der Waals surface area contributed by atoms with Crippen molar-refractivity contribution in [3.63, 3.8) is 0 Å². The van der Waals surface area contributed by atoms with Crippen LogP contribution in [-0.4, -0.2) is 38.8 Å². The zero-order valence-electron chi connectivity index (χ0n) is 15.1. The first kappa shape index (κ1) is 18.1. The summed E-state index contributed by atoms with van der Waals surface area (Å²) in [6, 6.07) is 16.4. The van der Waals surface area contributed by atoms with E-state index in [2.05, 4.69) is 49.1 Å². The Labute approximate surface area is 145 Å². The van der Waals surface area contributed by atoms with Gasteiger partial charge in [0.1, 0.15) is 11.5 Å². The van der Waals surface area contributed by atoms with E-state index in [0.29, 0.717) is 0 Å². The van der Waals surface area contributed by atoms with E-state index >= 15 is 0 Å². The minimum atomic E-state index is 0.872. The zero-order valence-corrected chi connectivity index (χ0v) is 15.1. The number of ether oxygens (including phenoxy) is 2. The number of hydrogen-bond donors (Lipinski definition) is 0. The molecule has 0 radical (unpaired) electrons. The Hall–Kier alpha value is -2.26. The van der Waals surface area contributed by atoms with Crippen LogP contribution in [0, 0.1) is 0 Å². The molecule has 0 atom stereocenters. The van der Waals surface area contributed by atoms with Crippen molar-refractivity contribution in [2.75, 3.05) is 33.9 Å². The van der Waals surface area contributed by atoms with Crippen LogP contribution in [0.25, 0.3) is 11.6 Å². The predicted molar refractivity (Wildman–Crippen MR) is 102 cm³/mol. The number of methoxy groups -OCH3 is 2. The van der Waals surface area contributed by atoms with Gasteiger partial charge in [0.25, 0.3) is 0 Å². The molecule has 3 heteroatoms. The Morgan fingerprint density at radius 2 is 1.54 bits per heavy atom. The fraction of sp³-hybridized carbons (Fsp3) is 0.333. The Balaban J connectivity index is 2.42. The minimum absolute atomic E-state index is 0.872. The van der Waals surface area contributed by atoms with Crippen molar-refractivity contribution in [3.8, 4) is 11.5 Å². The molecule has 0 heterocycles. The summed E-state index contributed by atoms with van der Waals surface area (Å²) in [5.74, 6) is 1.75. The van der Waals surface area contributed by atoms with Gasteiger partial charge in [-0.1, -0.05) is 38.1 Å². The van der Waals surface area contributed by atoms with Crippen LogP contribution in [0.15, 0.2) is 48.5 Å². The molecule has 0 aliphatic heterocycles. The summed E-state index contributed by atoms with van der Waals surface area (Å²) in [6.45, 7) is 7.33. The molecule has 2 aromatic rings. The van der Waals surface area contributed by atoms with Gasteiger partial charge in [-0.2, -0.15) is 0 Å². The lowest BCUT2D eigenvalue weighted by molar-refractivity contribution is 0.342. The SMILES string of the molecule is CCN(CC)CC(=Cc1cccc(OC)c1)c1cccc(OC)c1. The summed E-state index contributed by atoms with van der Waals surface area (Å²) in [5, 5.41) is 0. The summed E-state index contributed by atoms with van der Waals surface area (Å²) >= 11 is 0. The number of hydrogen-bond acceptors (Lipinski definition) is 3. The van der Waals surface area contributed by atoms with Gasteiger partial charge in [-0.25, -0.2) is 0 Å². The average Bonchev–Trinajstić information content (AvgIpc) is 2.65. The standard InChI is InChI=1S/C21H27NO2/c1-5-22(6-2)16-19(18-10-8-12-21(15-18)24-4)13-17-9-7-11-20(14-17)23-3/h7-15H,5-6,16H2,1-4H3. The highest BCUT2D eigenvalue weighted by Gasteiger charge is 2.08. The second kappa shape index (κ2) is 9.14. The maximum Gasteiger partial charge on any atom is 0.119 e. The average molecular weight is 325 g/mol. The van der Waals surface area contributed by atoms with Crippen molar-refractivity contribution in [3.05, 3.63) is 59.7 Å². The molecular weight excluding hydrogens is 298 g/mol. The first-order valence-corrected chi connectivity index (χ1v) is 8.41. The Kier molecular flexibility index (Phi) is 6.89. The van der Waals surface area contributed by atoms with E-state index in [1.54, 1.807) is 14.2 Å². The number of likely N-dealkylation sites (N-methyl/N-ethyl adjacent to an activating group) is 1. The normalized spacial score (nSPS) is 11.6. The molecule has 0 aliphatic carbocycles. The van der Waals surface area contributed by atoms with E-state index in [1.165, 1.54) is 11.1 Å². The van der Waals surface area contributed by atoms with Crippen LogP contribution in [0.1, 0.15) is 25.0 Å². The monoisotopic (exact) mass is 325 g/mol. The highest BCUT2D eigenvalue weighted by molar-refractivity contribution is 5.83. The predicted octanol–water partition coefficient (Wildman–Crippen LogP) is 4.59. The van der Waals surface area contributed by atoms with Gasteiger partial charge in [0.15, 0.2) is 0 Å². The first-order valence-electron chi connectivity index (χ1n) is 8.41. The molecule has 0 amide bonds. The van der Waals surface area contributed by atoms with Gasteiger partial charge >= 0.3 is 0 Å². The fourth-order valence-corrected chi connectivity index (χ4v) is 2.66. The van der Waals surface area contributed by atoms with Crippen LogP contribution >= 0.6 is 0 Å². The molecule has 0 unspecified atom stereocenters. The minimum Gasteiger partial charge on any atom is -0.497 e. The van der Waals surface area contributed by atoms with Gasteiger partial charge < -0.3 is 9.47 Å². The second-order valence-corrected chi connectivity index (χ2v) is 5.64. The molecule has 0 N–H and O–H groups in total. The number of rotatable bonds is 8. The molecule has 2 rings (SSSR count). The van der Waals surface area contributed by atoms with E-state index < -0.39 is 0 Å². The van der Waals surface area contributed by atoms with Crippen molar-refractivity contribution in [1.82, 2.24) is 4.90 Å². The van der Waals surface area contributed by atoms with Crippen LogP contribution in [0.5, 0.6) is 11.5 Å². The van der Waals surface area contributed by atoms with Gasteiger partial charge in [-0.15, -0.1) is 0 Å². The van der Waals surface area contributed by atoms with Gasteiger partial charge in [0.2, 0.25) is 0 Å². The van der Waals surface area contributed by atoms with E-state index in [4.69, 9.17) is 9.47 Å². The van der Waals surface area contributed by atoms with Crippen LogP contribution in [0.2, 0.25) is 0 Å². The molecule has 0 saturated heterocycles. The van der Waals surface area contributed by atoms with Gasteiger partial charge in [-0.3, -0.25) is 4.90 Å². The lowest BCUT2D eigenvalue weighted by Gasteiger charge is -2.21. The van der Waals surface area contributed by atoms with E-state index in [0.717, 1.165) is 36.7 Å². The summed E-state index contributed by atoms with van der Waals surface area (Å²) < 4.78 is 10.7. The molecule has 0 aliphatic rings. The Morgan fingerprint density at radius 3 is 2.17 bits per heavy atom. The lowest BCUT2D eigenvalue weighted by atomic mass is 10.0. The van der Waals surface area contributed by atoms with Crippen LogP contribution < -0.4 is 9.47 Å². The molecule has 0 fully saturated rings. The van der Waals surface area contributed by atoms with Crippen LogP contribution in [0.4, 0.5) is 0 Å². The largest absolute Gasteiger partial charge is 0.497 e. The maximum absolute atomic E-state index is 5.39. The quantitative estimate of drug-likeness (QED) is 0.663. The molecule has 3 nitrogen and oxygen atoms in total. The third kappa shape index (κ3) is 4.87. The molecule has 0 saturated carbocycles. The Morgan fingerprint density at radius 1 is 0.917 bits per heavy atom. The maximum atomic E-state index is 5.39. The number of nitrogens with zero attached hydrogens (tertiary/aromatic N) is 1. The summed E-state index contributed by atoms with van der Waals surface area (Å²) in [6.07, 6.45) is 2.23. The summed E-state index contributed by atoms with van der Waals surface area (Å²) in [4.78, 5) is 2.41. The van der Waals surface area contributed by atoms with E-state index in [-0.39, 0.29) is 0 Å². The van der Waals surface area contributed by atoms with Crippen molar-refractivity contribution in [2.24, 2.45) is 0 Å². The lowest BCUT2D eigenvalue weighted by Crippen LogP contribution is -2.24. The second-order valence-electron chi connectivity index (χ2n) is 5.64. The topological polar surface area (TPSA) is 21.7 Å². The number of benzene rings is 2. The molecule has 0 aromatic heterocycles. The van der Waals surface area contributed by atoms with Gasteiger partial charge in [0.05, 0.1) is 14.2 Å². The highest BCUT2D eigenvalue weighted by atomic mass is 16.5. The van der Waals surface area contributed by atoms with E-state index in [9.17, 15) is 0 Å². The third-order valence-corrected chi connectivity index (χ3v) is 4.16. The fourth-order valence-electron chi connectivity index (χ4n) is 2.66. The van der Waals surface area contributed by atoms with Crippen LogP contribution in [0.3, 0.4) is 0 Å². The molecule has 2 aromatic carbocycles. The van der Waals surface area contributed by atoms with Gasteiger partial charge in [0, 0.05) is 6.54 Å². The van der Waals surface area contributed by atoms with Crippen LogP contribution in [-0.2, 0) is 0 Å². The van der Waals surface area contributed by atoms with Crippen molar-refractivity contribution < 1.29 is 9.47 Å². The van der Waals surface area contributed by atoms with Crippen molar-refractivity contribution in [2.45, 2.75) is 13.8 Å². The van der Waals surface area contributed by atoms with Crippen molar-refractivity contribution >= 4 is 11.6 Å². The first-order chi connectivity index (χ1) is 11.7. The van der Waals surface area contributed by atoms with Gasteiger partial charge in [-0.05, 0) is 60.1 Å². The molecule has 0 bridgehead atoms. The zero-order chi connectivity index (χ0) is 17.4. The summed E-state index contributed by atoms with van der Waals surface area (Å²) in [7, 11) is 3.40. The third-order valence-electron chi connectivity index (χ3n) is 4.16. The van der Waals surface area contributed by atoms with E-state index in [1.807, 2.05) is 24.3 Å². The molecule has 128 valence electrons. The molecule has 24 heavy (non-hydrogen) atoms. The molecule has 0 spiro atoms. The highest BCUT2D eigenvalue weighted by Crippen LogP contribution is 2.24. The van der Waals surface area contributed by atoms with Crippen molar-refractivity contribution in [1.29, 1.82) is 0 Å². The Bertz CT molecular complexity index is 675. The summed E-state index contributed by atoms with van der Waals surface area (Å²) in [5.41, 5.74) is 3.59.